The number of nitrogens with two attached hydrogens (primary N) is 4. The van der Waals surface area contributed by atoms with Crippen molar-refractivity contribution in [1.82, 2.24) is 0 Å². The molecule has 0 saturated heterocycles. The largest absolute Gasteiger partial charge is 0.392 e. The van der Waals surface area contributed by atoms with Crippen LogP contribution in [0.15, 0.2) is 0 Å². The van der Waals surface area contributed by atoms with E-state index in [2.05, 4.69) is 9.47 Å². The molecule has 1 unspecified atom stereocenters. The lowest BCUT2D eigenvalue weighted by Gasteiger charge is -2.12. The molecule has 8 N–H and O–H groups in total. The maximum absolute atomic E-state index is 11.5. The Morgan fingerprint density at radius 3 is 1.91 bits per heavy atom. The van der Waals surface area contributed by atoms with Crippen molar-refractivity contribution in [1.29, 1.82) is 0 Å². The first-order valence-electron chi connectivity index (χ1n) is 7.22. The number of ether oxygens (including phenoxy) is 2. The molecule has 0 aromatic rings. The van der Waals surface area contributed by atoms with Gasteiger partial charge in [0.05, 0.1) is 12.8 Å². The summed E-state index contributed by atoms with van der Waals surface area (Å²) in [6, 6.07) is -2.38. The number of hydrogen-bond donors (Lipinski definition) is 4. The number of carbonyl (C=O) groups is 4. The van der Waals surface area contributed by atoms with Crippen molar-refractivity contribution < 1.29 is 28.7 Å². The van der Waals surface area contributed by atoms with Crippen LogP contribution in [0.5, 0.6) is 0 Å². The molecule has 0 bridgehead atoms. The van der Waals surface area contributed by atoms with E-state index in [9.17, 15) is 19.2 Å². The van der Waals surface area contributed by atoms with Gasteiger partial charge in [-0.15, -0.1) is 0 Å². The van der Waals surface area contributed by atoms with Crippen LogP contribution in [0.25, 0.3) is 0 Å². The van der Waals surface area contributed by atoms with Crippen LogP contribution in [0.2, 0.25) is 0 Å². The van der Waals surface area contributed by atoms with Crippen LogP contribution in [0.4, 0.5) is 0 Å². The quantitative estimate of drug-likeness (QED) is 0.191. The Kier molecular flexibility index (Phi) is 10.7. The molecule has 0 aromatic carbocycles. The zero-order valence-corrected chi connectivity index (χ0v) is 12.9. The van der Waals surface area contributed by atoms with E-state index in [1.54, 1.807) is 0 Å². The SMILES string of the molecule is NCCCCC(N)C(=O)OC(=O)C[C@H](N)C(=O)OC(=O)CCN. The van der Waals surface area contributed by atoms with E-state index in [0.29, 0.717) is 25.8 Å². The summed E-state index contributed by atoms with van der Waals surface area (Å²) in [4.78, 5) is 45.5. The topological polar surface area (TPSA) is 191 Å². The molecule has 0 aliphatic carbocycles. The van der Waals surface area contributed by atoms with Crippen molar-refractivity contribution in [2.75, 3.05) is 13.1 Å². The van der Waals surface area contributed by atoms with Crippen LogP contribution in [0.1, 0.15) is 32.1 Å². The molecule has 0 radical (unpaired) electrons. The van der Waals surface area contributed by atoms with Gasteiger partial charge in [0.1, 0.15) is 12.1 Å². The number of rotatable bonds is 10. The van der Waals surface area contributed by atoms with Crippen molar-refractivity contribution in [2.45, 2.75) is 44.2 Å². The maximum Gasteiger partial charge on any atom is 0.331 e. The van der Waals surface area contributed by atoms with E-state index in [1.807, 2.05) is 0 Å². The zero-order chi connectivity index (χ0) is 17.8. The highest BCUT2D eigenvalue weighted by Crippen LogP contribution is 2.03. The molecule has 0 spiro atoms. The third-order valence-electron chi connectivity index (χ3n) is 2.74. The minimum Gasteiger partial charge on any atom is -0.392 e. The Hall–Kier alpha value is -1.88. The van der Waals surface area contributed by atoms with Gasteiger partial charge < -0.3 is 32.4 Å². The summed E-state index contributed by atoms with van der Waals surface area (Å²) < 4.78 is 8.85. The summed E-state index contributed by atoms with van der Waals surface area (Å²) in [6.07, 6.45) is 0.874. The van der Waals surface area contributed by atoms with E-state index in [4.69, 9.17) is 22.9 Å². The van der Waals surface area contributed by atoms with Crippen LogP contribution in [0, 0.1) is 0 Å². The van der Waals surface area contributed by atoms with E-state index in [-0.39, 0.29) is 13.0 Å². The molecule has 23 heavy (non-hydrogen) atoms. The van der Waals surface area contributed by atoms with Crippen LogP contribution in [-0.2, 0) is 28.7 Å². The number of esters is 4. The Morgan fingerprint density at radius 1 is 0.783 bits per heavy atom. The summed E-state index contributed by atoms with van der Waals surface area (Å²) in [5.41, 5.74) is 21.4. The van der Waals surface area contributed by atoms with Gasteiger partial charge in [-0.25, -0.2) is 9.59 Å². The van der Waals surface area contributed by atoms with E-state index >= 15 is 0 Å². The lowest BCUT2D eigenvalue weighted by atomic mass is 10.1. The molecular formula is C13H24N4O6. The van der Waals surface area contributed by atoms with Gasteiger partial charge in [0.15, 0.2) is 0 Å². The van der Waals surface area contributed by atoms with Gasteiger partial charge in [-0.05, 0) is 19.4 Å². The minimum absolute atomic E-state index is 0.0138. The van der Waals surface area contributed by atoms with Gasteiger partial charge in [-0.1, -0.05) is 6.42 Å². The Bertz CT molecular complexity index is 429. The summed E-state index contributed by atoms with van der Waals surface area (Å²) in [6.45, 7) is 0.487. The molecule has 0 aliphatic rings. The third kappa shape index (κ3) is 9.68. The zero-order valence-electron chi connectivity index (χ0n) is 12.9. The average Bonchev–Trinajstić information content (AvgIpc) is 2.47. The van der Waals surface area contributed by atoms with Gasteiger partial charge in [0.25, 0.3) is 0 Å². The average molecular weight is 332 g/mol. The molecule has 0 saturated carbocycles. The minimum atomic E-state index is -1.43. The van der Waals surface area contributed by atoms with Crippen LogP contribution in [-0.4, -0.2) is 49.1 Å². The summed E-state index contributed by atoms with van der Waals surface area (Å²) in [7, 11) is 0. The highest BCUT2D eigenvalue weighted by Gasteiger charge is 2.25. The first-order chi connectivity index (χ1) is 10.8. The summed E-state index contributed by atoms with van der Waals surface area (Å²) >= 11 is 0. The fraction of sp³-hybridized carbons (Fsp3) is 0.692. The number of unbranched alkanes of at least 4 members (excludes halogenated alkanes) is 1. The molecule has 0 aromatic heterocycles. The summed E-state index contributed by atoms with van der Waals surface area (Å²) in [5, 5.41) is 0. The molecule has 0 amide bonds. The number of carbonyl (C=O) groups excluding carboxylic acids is 4. The van der Waals surface area contributed by atoms with Crippen LogP contribution >= 0.6 is 0 Å². The van der Waals surface area contributed by atoms with Gasteiger partial charge in [0.2, 0.25) is 0 Å². The third-order valence-corrected chi connectivity index (χ3v) is 2.74. The molecule has 0 heterocycles. The lowest BCUT2D eigenvalue weighted by molar-refractivity contribution is -0.166. The predicted molar refractivity (Wildman–Crippen MR) is 79.3 cm³/mol. The molecule has 0 rings (SSSR count). The Labute approximate surface area is 133 Å². The van der Waals surface area contributed by atoms with Crippen molar-refractivity contribution in [3.63, 3.8) is 0 Å². The highest BCUT2D eigenvalue weighted by molar-refractivity contribution is 5.93. The van der Waals surface area contributed by atoms with Crippen molar-refractivity contribution in [3.05, 3.63) is 0 Å². The smallest absolute Gasteiger partial charge is 0.331 e. The second-order valence-corrected chi connectivity index (χ2v) is 4.83. The fourth-order valence-electron chi connectivity index (χ4n) is 1.48. The predicted octanol–water partition coefficient (Wildman–Crippen LogP) is -2.35. The molecule has 132 valence electrons. The first-order valence-corrected chi connectivity index (χ1v) is 7.22. The normalized spacial score (nSPS) is 13.0. The molecular weight excluding hydrogens is 308 g/mol. The monoisotopic (exact) mass is 332 g/mol. The van der Waals surface area contributed by atoms with Crippen LogP contribution < -0.4 is 22.9 Å². The van der Waals surface area contributed by atoms with Crippen molar-refractivity contribution in [2.24, 2.45) is 22.9 Å². The summed E-state index contributed by atoms with van der Waals surface area (Å²) in [5.74, 6) is -3.88. The second kappa shape index (κ2) is 11.7. The first kappa shape index (κ1) is 21.1. The highest BCUT2D eigenvalue weighted by atomic mass is 16.6. The molecule has 0 aliphatic heterocycles. The van der Waals surface area contributed by atoms with Crippen molar-refractivity contribution >= 4 is 23.9 Å². The van der Waals surface area contributed by atoms with Gasteiger partial charge in [-0.2, -0.15) is 0 Å². The molecule has 0 fully saturated rings. The van der Waals surface area contributed by atoms with E-state index in [0.717, 1.165) is 0 Å². The van der Waals surface area contributed by atoms with E-state index < -0.39 is 42.4 Å². The van der Waals surface area contributed by atoms with Gasteiger partial charge in [0, 0.05) is 6.54 Å². The van der Waals surface area contributed by atoms with Crippen molar-refractivity contribution in [3.8, 4) is 0 Å². The molecule has 10 heteroatoms. The molecule has 2 atom stereocenters. The number of hydrogen-bond acceptors (Lipinski definition) is 10. The maximum atomic E-state index is 11.5. The Balaban J connectivity index is 4.19. The lowest BCUT2D eigenvalue weighted by Crippen LogP contribution is -2.39. The Morgan fingerprint density at radius 2 is 1.35 bits per heavy atom. The van der Waals surface area contributed by atoms with Gasteiger partial charge >= 0.3 is 23.9 Å². The van der Waals surface area contributed by atoms with E-state index in [1.165, 1.54) is 0 Å². The van der Waals surface area contributed by atoms with Gasteiger partial charge in [-0.3, -0.25) is 9.59 Å². The standard InChI is InChI=1S/C13H24N4O6/c14-5-2-1-3-8(16)12(20)23-11(19)7-9(17)13(21)22-10(18)4-6-15/h8-9H,1-7,14-17H2/t8?,9-/m0/s1. The van der Waals surface area contributed by atoms with Crippen LogP contribution in [0.3, 0.4) is 0 Å². The second-order valence-electron chi connectivity index (χ2n) is 4.83. The fourth-order valence-corrected chi connectivity index (χ4v) is 1.48. The molecule has 10 nitrogen and oxygen atoms in total.